The van der Waals surface area contributed by atoms with E-state index < -0.39 is 0 Å². The number of nitriles is 1. The van der Waals surface area contributed by atoms with Gasteiger partial charge in [-0.25, -0.2) is 9.97 Å². The fourth-order valence-corrected chi connectivity index (χ4v) is 2.93. The summed E-state index contributed by atoms with van der Waals surface area (Å²) in [5.41, 5.74) is 3.54. The molecule has 0 spiro atoms. The van der Waals surface area contributed by atoms with Gasteiger partial charge >= 0.3 is 0 Å². The lowest BCUT2D eigenvalue weighted by atomic mass is 10.1. The number of para-hydroxylation sites is 1. The highest BCUT2D eigenvalue weighted by Gasteiger charge is 2.43. The average Bonchev–Trinajstić information content (AvgIpc) is 3.34. The lowest BCUT2D eigenvalue weighted by Crippen LogP contribution is -1.97. The van der Waals surface area contributed by atoms with Gasteiger partial charge in [-0.15, -0.1) is 0 Å². The Bertz CT molecular complexity index is 910. The second-order valence-corrected chi connectivity index (χ2v) is 5.73. The van der Waals surface area contributed by atoms with Crippen LogP contribution in [0.25, 0.3) is 10.9 Å². The molecule has 0 aliphatic heterocycles. The number of hydrogen-bond acceptors (Lipinski definition) is 4. The summed E-state index contributed by atoms with van der Waals surface area (Å²) in [5, 5.41) is 10.3. The molecule has 0 radical (unpaired) electrons. The Morgan fingerprint density at radius 3 is 2.82 bits per heavy atom. The van der Waals surface area contributed by atoms with Crippen molar-refractivity contribution in [3.8, 4) is 6.07 Å². The topological polar surface area (TPSA) is 62.5 Å². The highest BCUT2D eigenvalue weighted by atomic mass is 14.9. The maximum Gasteiger partial charge on any atom is 0.132 e. The summed E-state index contributed by atoms with van der Waals surface area (Å²) in [5.74, 6) is 1.53. The first kappa shape index (κ1) is 12.9. The molecule has 1 aliphatic carbocycles. The molecule has 2 atom stereocenters. The number of aromatic nitrogens is 3. The van der Waals surface area contributed by atoms with Crippen molar-refractivity contribution in [2.45, 2.75) is 25.2 Å². The van der Waals surface area contributed by atoms with Crippen LogP contribution in [0.2, 0.25) is 0 Å². The molecule has 0 amide bonds. The third kappa shape index (κ3) is 2.11. The molecular formula is C18H14N4. The molecule has 2 aromatic heterocycles. The number of rotatable bonds is 2. The molecule has 3 aromatic rings. The Morgan fingerprint density at radius 1 is 1.14 bits per heavy atom. The Balaban J connectivity index is 1.73. The van der Waals surface area contributed by atoms with Gasteiger partial charge in [0.2, 0.25) is 0 Å². The van der Waals surface area contributed by atoms with Gasteiger partial charge in [-0.1, -0.05) is 18.2 Å². The normalized spacial score (nSPS) is 19.8. The Hall–Kier alpha value is -2.80. The summed E-state index contributed by atoms with van der Waals surface area (Å²) in [6.07, 6.45) is 2.81. The Labute approximate surface area is 128 Å². The van der Waals surface area contributed by atoms with Crippen molar-refractivity contribution >= 4 is 10.9 Å². The number of fused-ring (bicyclic) bond motifs is 1. The first-order chi connectivity index (χ1) is 10.8. The number of aryl methyl sites for hydroxylation is 1. The molecule has 1 aromatic carbocycles. The smallest absolute Gasteiger partial charge is 0.132 e. The summed E-state index contributed by atoms with van der Waals surface area (Å²) < 4.78 is 0. The van der Waals surface area contributed by atoms with Gasteiger partial charge in [0, 0.05) is 34.8 Å². The van der Waals surface area contributed by atoms with E-state index in [0.29, 0.717) is 17.4 Å². The van der Waals surface area contributed by atoms with Crippen molar-refractivity contribution in [3.63, 3.8) is 0 Å². The Kier molecular flexibility index (Phi) is 2.87. The molecule has 4 heteroatoms. The molecule has 1 fully saturated rings. The molecule has 4 rings (SSSR count). The predicted octanol–water partition coefficient (Wildman–Crippen LogP) is 3.48. The lowest BCUT2D eigenvalue weighted by molar-refractivity contribution is 0.867. The van der Waals surface area contributed by atoms with Crippen molar-refractivity contribution in [2.75, 3.05) is 0 Å². The van der Waals surface area contributed by atoms with Gasteiger partial charge in [-0.05, 0) is 31.5 Å². The summed E-state index contributed by atoms with van der Waals surface area (Å²) in [6.45, 7) is 1.98. The number of nitrogens with zero attached hydrogens (tertiary/aromatic N) is 4. The monoisotopic (exact) mass is 286 g/mol. The molecule has 1 saturated carbocycles. The van der Waals surface area contributed by atoms with Crippen molar-refractivity contribution in [2.24, 2.45) is 0 Å². The van der Waals surface area contributed by atoms with Crippen LogP contribution < -0.4 is 0 Å². The number of hydrogen-bond donors (Lipinski definition) is 0. The SMILES string of the molecule is Cc1ccnc([C@H]2C[C@@H]2c2cc(C#N)c3ccccc3n2)n1. The fraction of sp³-hybridized carbons (Fsp3) is 0.222. The van der Waals surface area contributed by atoms with Gasteiger partial charge < -0.3 is 0 Å². The van der Waals surface area contributed by atoms with Crippen molar-refractivity contribution in [1.29, 1.82) is 5.26 Å². The highest BCUT2D eigenvalue weighted by molar-refractivity contribution is 5.84. The van der Waals surface area contributed by atoms with Crippen LogP contribution in [0, 0.1) is 18.3 Å². The van der Waals surface area contributed by atoms with E-state index >= 15 is 0 Å². The van der Waals surface area contributed by atoms with Gasteiger partial charge in [-0.2, -0.15) is 5.26 Å². The third-order valence-electron chi connectivity index (χ3n) is 4.17. The zero-order valence-electron chi connectivity index (χ0n) is 12.2. The van der Waals surface area contributed by atoms with E-state index in [1.54, 1.807) is 0 Å². The molecule has 2 heterocycles. The molecule has 4 nitrogen and oxygen atoms in total. The zero-order chi connectivity index (χ0) is 15.1. The largest absolute Gasteiger partial charge is 0.252 e. The van der Waals surface area contributed by atoms with Crippen LogP contribution in [-0.2, 0) is 0 Å². The van der Waals surface area contributed by atoms with Crippen LogP contribution >= 0.6 is 0 Å². The molecule has 22 heavy (non-hydrogen) atoms. The van der Waals surface area contributed by atoms with Crippen molar-refractivity contribution in [3.05, 3.63) is 65.4 Å². The van der Waals surface area contributed by atoms with Gasteiger partial charge in [0.05, 0.1) is 17.1 Å². The van der Waals surface area contributed by atoms with E-state index in [2.05, 4.69) is 16.0 Å². The second-order valence-electron chi connectivity index (χ2n) is 5.73. The number of pyridine rings is 1. The lowest BCUT2D eigenvalue weighted by Gasteiger charge is -2.05. The molecular weight excluding hydrogens is 272 g/mol. The standard InChI is InChI=1S/C18H14N4/c1-11-6-7-20-18(21-11)15-9-14(15)17-8-12(10-19)13-4-2-3-5-16(13)22-17/h2-8,14-15H,9H2,1H3/t14-,15-/m0/s1. The van der Waals surface area contributed by atoms with E-state index in [9.17, 15) is 5.26 Å². The van der Waals surface area contributed by atoms with Crippen LogP contribution in [0.5, 0.6) is 0 Å². The maximum atomic E-state index is 9.38. The minimum atomic E-state index is 0.318. The van der Waals surface area contributed by atoms with Crippen LogP contribution in [0.3, 0.4) is 0 Å². The minimum absolute atomic E-state index is 0.318. The maximum absolute atomic E-state index is 9.38. The van der Waals surface area contributed by atoms with Gasteiger partial charge in [-0.3, -0.25) is 4.98 Å². The summed E-state index contributed by atoms with van der Waals surface area (Å²) in [7, 11) is 0. The van der Waals surface area contributed by atoms with Crippen LogP contribution in [-0.4, -0.2) is 15.0 Å². The predicted molar refractivity (Wildman–Crippen MR) is 83.3 cm³/mol. The summed E-state index contributed by atoms with van der Waals surface area (Å²) in [6, 6.07) is 13.9. The van der Waals surface area contributed by atoms with Crippen LogP contribution in [0.15, 0.2) is 42.6 Å². The number of benzene rings is 1. The minimum Gasteiger partial charge on any atom is -0.252 e. The van der Waals surface area contributed by atoms with Crippen molar-refractivity contribution < 1.29 is 0 Å². The molecule has 106 valence electrons. The molecule has 0 bridgehead atoms. The summed E-state index contributed by atoms with van der Waals surface area (Å²) >= 11 is 0. The van der Waals surface area contributed by atoms with E-state index in [4.69, 9.17) is 4.98 Å². The quantitative estimate of drug-likeness (QED) is 0.723. The fourth-order valence-electron chi connectivity index (χ4n) is 2.93. The Morgan fingerprint density at radius 2 is 2.00 bits per heavy atom. The van der Waals surface area contributed by atoms with Crippen LogP contribution in [0.4, 0.5) is 0 Å². The van der Waals surface area contributed by atoms with E-state index in [1.807, 2.05) is 49.5 Å². The molecule has 0 N–H and O–H groups in total. The van der Waals surface area contributed by atoms with Crippen LogP contribution in [0.1, 0.15) is 41.0 Å². The first-order valence-corrected chi connectivity index (χ1v) is 7.35. The molecule has 0 saturated heterocycles. The van der Waals surface area contributed by atoms with Crippen molar-refractivity contribution in [1.82, 2.24) is 15.0 Å². The average molecular weight is 286 g/mol. The van der Waals surface area contributed by atoms with Gasteiger partial charge in [0.25, 0.3) is 0 Å². The first-order valence-electron chi connectivity index (χ1n) is 7.35. The highest BCUT2D eigenvalue weighted by Crippen LogP contribution is 2.53. The molecule has 1 aliphatic rings. The summed E-state index contributed by atoms with van der Waals surface area (Å²) in [4.78, 5) is 13.6. The molecule has 0 unspecified atom stereocenters. The van der Waals surface area contributed by atoms with Gasteiger partial charge in [0.15, 0.2) is 0 Å². The van der Waals surface area contributed by atoms with Gasteiger partial charge in [0.1, 0.15) is 5.82 Å². The van der Waals surface area contributed by atoms with E-state index in [1.165, 1.54) is 0 Å². The third-order valence-corrected chi connectivity index (χ3v) is 4.17. The van der Waals surface area contributed by atoms with E-state index in [-0.39, 0.29) is 0 Å². The zero-order valence-corrected chi connectivity index (χ0v) is 12.2. The van der Waals surface area contributed by atoms with E-state index in [0.717, 1.165) is 34.5 Å². The second kappa shape index (κ2) is 4.88.